The Kier molecular flexibility index (Phi) is 15.2. The molecule has 0 unspecified atom stereocenters. The Morgan fingerprint density at radius 3 is 1.35 bits per heavy atom. The monoisotopic (exact) mass is 896 g/mol. The fourth-order valence-electron chi connectivity index (χ4n) is 6.28. The summed E-state index contributed by atoms with van der Waals surface area (Å²) in [5.74, 6) is -0.225. The van der Waals surface area contributed by atoms with Gasteiger partial charge in [0, 0.05) is 0 Å². The van der Waals surface area contributed by atoms with Crippen LogP contribution < -0.4 is 24.1 Å². The molecule has 2 heterocycles. The Balaban J connectivity index is 1.51. The number of hydrogen-bond donors (Lipinski definition) is 0. The van der Waals surface area contributed by atoms with Crippen molar-refractivity contribution < 1.29 is 13.8 Å². The molecule has 0 aliphatic carbocycles. The molecule has 0 atom stereocenters. The van der Waals surface area contributed by atoms with Gasteiger partial charge in [0.15, 0.2) is 0 Å². The van der Waals surface area contributed by atoms with Gasteiger partial charge in [0.25, 0.3) is 0 Å². The van der Waals surface area contributed by atoms with Crippen molar-refractivity contribution in [2.45, 2.75) is 104 Å². The van der Waals surface area contributed by atoms with E-state index in [0.717, 1.165) is 48.4 Å². The van der Waals surface area contributed by atoms with Crippen molar-refractivity contribution in [2.75, 3.05) is 0 Å². The molecule has 0 radical (unpaired) electrons. The zero-order chi connectivity index (χ0) is 34.4. The van der Waals surface area contributed by atoms with Crippen molar-refractivity contribution in [1.29, 1.82) is 0 Å². The molecule has 5 rings (SSSR count). The zero-order valence-corrected chi connectivity index (χ0v) is 34.4. The first-order valence-corrected chi connectivity index (χ1v) is 22.9. The molecule has 260 valence electrons. The molecule has 0 saturated heterocycles. The first-order valence-electron chi connectivity index (χ1n) is 18.2. The molecule has 0 spiro atoms. The van der Waals surface area contributed by atoms with Gasteiger partial charge in [0.2, 0.25) is 0 Å². The number of aromatic nitrogens is 6. The molecule has 0 aliphatic rings. The molecule has 6 nitrogen and oxygen atoms in total. The van der Waals surface area contributed by atoms with Gasteiger partial charge >= 0.3 is 315 Å². The molecule has 9 heteroatoms. The van der Waals surface area contributed by atoms with Gasteiger partial charge in [-0.2, -0.15) is 0 Å². The molecule has 0 saturated carbocycles. The van der Waals surface area contributed by atoms with Crippen LogP contribution in [0.15, 0.2) is 78.9 Å². The molecule has 49 heavy (non-hydrogen) atoms. The van der Waals surface area contributed by atoms with E-state index in [1.807, 2.05) is 23.5 Å². The number of rotatable bonds is 20. The standard InChI is InChI=1S/C40H53FN6Te2/c1-5-7-9-11-13-21-27-46-39(48-35-23-17-15-18-24-35)37(44(3)42-46)32-29-33(31-34(41)30-32)38-40(49-36-25-19-16-20-26-36)47(43-45(38)4)28-22-14-12-10-8-6-2/h15-20,23-26,29-31H,5-14,21-22,27-28H2,1-4H3/q+2. The van der Waals surface area contributed by atoms with E-state index in [-0.39, 0.29) is 5.82 Å². The van der Waals surface area contributed by atoms with Crippen molar-refractivity contribution >= 4 is 56.6 Å². The molecule has 5 aromatic rings. The third-order valence-electron chi connectivity index (χ3n) is 8.81. The summed E-state index contributed by atoms with van der Waals surface area (Å²) < 4.78 is 29.5. The summed E-state index contributed by atoms with van der Waals surface area (Å²) in [6.07, 6.45) is 14.9. The first kappa shape index (κ1) is 37.7. The topological polar surface area (TPSA) is 43.4 Å². The average Bonchev–Trinajstić information content (AvgIpc) is 3.58. The van der Waals surface area contributed by atoms with Crippen molar-refractivity contribution in [3.63, 3.8) is 0 Å². The van der Waals surface area contributed by atoms with Gasteiger partial charge < -0.3 is 0 Å². The van der Waals surface area contributed by atoms with Gasteiger partial charge in [0.05, 0.1) is 0 Å². The van der Waals surface area contributed by atoms with Gasteiger partial charge in [-0.25, -0.2) is 0 Å². The molecule has 0 bridgehead atoms. The second-order valence-electron chi connectivity index (χ2n) is 12.9. The van der Waals surface area contributed by atoms with E-state index in [4.69, 9.17) is 10.4 Å². The Labute approximate surface area is 313 Å². The summed E-state index contributed by atoms with van der Waals surface area (Å²) in [7, 11) is 4.04. The summed E-state index contributed by atoms with van der Waals surface area (Å²) >= 11 is -1.55. The van der Waals surface area contributed by atoms with Gasteiger partial charge in [-0.15, -0.1) is 0 Å². The molecule has 0 fully saturated rings. The summed E-state index contributed by atoms with van der Waals surface area (Å²) in [6, 6.07) is 27.1. The SMILES string of the molecule is CCCCCCCC[n+]1nn(C)c(-c2cc(F)cc(-c3c([Te]c4ccccc4)[n+](CCCCCCCC)nn3C)c2)c1[Te]c1ccccc1. The van der Waals surface area contributed by atoms with Gasteiger partial charge in [0.1, 0.15) is 0 Å². The van der Waals surface area contributed by atoms with E-state index in [1.165, 1.54) is 78.9 Å². The fourth-order valence-corrected chi connectivity index (χ4v) is 12.5. The van der Waals surface area contributed by atoms with E-state index in [1.54, 1.807) is 12.1 Å². The van der Waals surface area contributed by atoms with Crippen LogP contribution in [-0.4, -0.2) is 61.6 Å². The Morgan fingerprint density at radius 2 is 0.939 bits per heavy atom. The van der Waals surface area contributed by atoms with Gasteiger partial charge in [-0.3, -0.25) is 0 Å². The number of unbranched alkanes of at least 4 members (excludes halogenated alkanes) is 10. The van der Waals surface area contributed by atoms with E-state index >= 15 is 4.39 Å². The minimum absolute atomic E-state index is 0.225. The van der Waals surface area contributed by atoms with E-state index in [9.17, 15) is 0 Å². The van der Waals surface area contributed by atoms with E-state index in [0.29, 0.717) is 0 Å². The normalized spacial score (nSPS) is 11.4. The molecule has 0 N–H and O–H groups in total. The van der Waals surface area contributed by atoms with Crippen LogP contribution >= 0.6 is 0 Å². The van der Waals surface area contributed by atoms with Crippen LogP contribution in [0.4, 0.5) is 4.39 Å². The maximum atomic E-state index is 15.8. The molecule has 2 aromatic heterocycles. The van der Waals surface area contributed by atoms with Crippen LogP contribution in [0.3, 0.4) is 0 Å². The van der Waals surface area contributed by atoms with Gasteiger partial charge in [-0.05, 0) is 0 Å². The molecule has 3 aromatic carbocycles. The molecular formula is C40H53FN6Te2+2. The number of nitrogens with zero attached hydrogens (tertiary/aromatic N) is 6. The predicted octanol–water partition coefficient (Wildman–Crippen LogP) is 5.23. The van der Waals surface area contributed by atoms with Crippen LogP contribution in [0.1, 0.15) is 90.9 Å². The van der Waals surface area contributed by atoms with Crippen LogP contribution in [-0.2, 0) is 27.2 Å². The van der Waals surface area contributed by atoms with Crippen LogP contribution in [0.25, 0.3) is 22.5 Å². The molecule has 0 amide bonds. The fraction of sp³-hybridized carbons (Fsp3) is 0.450. The molecular weight excluding hydrogens is 839 g/mol. The van der Waals surface area contributed by atoms with Gasteiger partial charge in [-0.1, -0.05) is 0 Å². The second kappa shape index (κ2) is 19.7. The van der Waals surface area contributed by atoms with E-state index in [2.05, 4.69) is 89.9 Å². The van der Waals surface area contributed by atoms with E-state index < -0.39 is 41.8 Å². The second-order valence-corrected chi connectivity index (χ2v) is 18.9. The Bertz CT molecular complexity index is 1610. The zero-order valence-electron chi connectivity index (χ0n) is 29.8. The number of aryl methyl sites for hydroxylation is 4. The summed E-state index contributed by atoms with van der Waals surface area (Å²) in [6.45, 7) is 6.30. The third kappa shape index (κ3) is 10.7. The van der Waals surface area contributed by atoms with Crippen molar-refractivity contribution in [2.24, 2.45) is 14.1 Å². The predicted molar refractivity (Wildman–Crippen MR) is 201 cm³/mol. The number of hydrogen-bond acceptors (Lipinski definition) is 2. The van der Waals surface area contributed by atoms with Crippen LogP contribution in [0.5, 0.6) is 0 Å². The molecule has 0 aliphatic heterocycles. The number of halogens is 1. The minimum atomic E-state index is -0.773. The van der Waals surface area contributed by atoms with Crippen LogP contribution in [0.2, 0.25) is 0 Å². The first-order chi connectivity index (χ1) is 24.0. The third-order valence-corrected chi connectivity index (χ3v) is 15.1. The average molecular weight is 892 g/mol. The summed E-state index contributed by atoms with van der Waals surface area (Å²) in [5.41, 5.74) is 3.83. The quantitative estimate of drug-likeness (QED) is 0.0611. The Hall–Kier alpha value is -2.55. The summed E-state index contributed by atoms with van der Waals surface area (Å²) in [4.78, 5) is 0. The Morgan fingerprint density at radius 1 is 0.551 bits per heavy atom. The van der Waals surface area contributed by atoms with Crippen molar-refractivity contribution in [1.82, 2.24) is 19.8 Å². The van der Waals surface area contributed by atoms with Crippen molar-refractivity contribution in [3.8, 4) is 22.5 Å². The van der Waals surface area contributed by atoms with Crippen LogP contribution in [0, 0.1) is 5.82 Å². The number of benzene rings is 3. The summed E-state index contributed by atoms with van der Waals surface area (Å²) in [5, 5.41) is 10.1. The van der Waals surface area contributed by atoms with Crippen molar-refractivity contribution in [3.05, 3.63) is 84.7 Å². The maximum absolute atomic E-state index is 15.8.